The second-order valence-corrected chi connectivity index (χ2v) is 7.02. The number of para-hydroxylation sites is 1. The molecule has 1 aliphatic rings. The number of aromatic nitrogens is 2. The Kier molecular flexibility index (Phi) is 5.53. The summed E-state index contributed by atoms with van der Waals surface area (Å²) in [6.07, 6.45) is 2.55. The summed E-state index contributed by atoms with van der Waals surface area (Å²) in [6.45, 7) is 10.1. The summed E-state index contributed by atoms with van der Waals surface area (Å²) < 4.78 is 5.67. The number of benzene rings is 1. The van der Waals surface area contributed by atoms with E-state index in [1.54, 1.807) is 0 Å². The van der Waals surface area contributed by atoms with E-state index in [9.17, 15) is 0 Å². The van der Waals surface area contributed by atoms with Gasteiger partial charge in [0.15, 0.2) is 0 Å². The predicted octanol–water partition coefficient (Wildman–Crippen LogP) is 4.55. The van der Waals surface area contributed by atoms with Gasteiger partial charge in [0.25, 0.3) is 0 Å². The molecule has 2 aromatic rings. The molecule has 0 radical (unpaired) electrons. The minimum atomic E-state index is 0.288. The number of rotatable bonds is 6. The van der Waals surface area contributed by atoms with Crippen LogP contribution in [0.25, 0.3) is 0 Å². The Labute approximate surface area is 150 Å². The van der Waals surface area contributed by atoms with Crippen LogP contribution in [0, 0.1) is 13.8 Å². The van der Waals surface area contributed by atoms with E-state index >= 15 is 0 Å². The summed E-state index contributed by atoms with van der Waals surface area (Å²) in [4.78, 5) is 9.06. The lowest BCUT2D eigenvalue weighted by Gasteiger charge is -2.18. The van der Waals surface area contributed by atoms with Crippen molar-refractivity contribution in [1.29, 1.82) is 0 Å². The highest BCUT2D eigenvalue weighted by molar-refractivity contribution is 5.67. The number of aryl methyl sites for hydroxylation is 2. The monoisotopic (exact) mass is 340 g/mol. The molecule has 0 amide bonds. The first-order chi connectivity index (χ1) is 12.0. The molecule has 0 spiro atoms. The van der Waals surface area contributed by atoms with E-state index < -0.39 is 0 Å². The zero-order valence-electron chi connectivity index (χ0n) is 15.6. The second-order valence-electron chi connectivity index (χ2n) is 7.02. The number of anilines is 3. The van der Waals surface area contributed by atoms with E-state index in [-0.39, 0.29) is 6.10 Å². The first kappa shape index (κ1) is 17.7. The molecular weight excluding hydrogens is 312 g/mol. The molecule has 0 bridgehead atoms. The van der Waals surface area contributed by atoms with Crippen molar-refractivity contribution in [2.75, 3.05) is 23.8 Å². The first-order valence-electron chi connectivity index (χ1n) is 9.10. The largest absolute Gasteiger partial charge is 0.376 e. The van der Waals surface area contributed by atoms with Gasteiger partial charge >= 0.3 is 0 Å². The lowest BCUT2D eigenvalue weighted by molar-refractivity contribution is 0.120. The highest BCUT2D eigenvalue weighted by Crippen LogP contribution is 2.30. The van der Waals surface area contributed by atoms with Crippen molar-refractivity contribution in [3.63, 3.8) is 0 Å². The quantitative estimate of drug-likeness (QED) is 0.808. The van der Waals surface area contributed by atoms with Crippen molar-refractivity contribution in [3.8, 4) is 0 Å². The molecule has 1 aliphatic heterocycles. The van der Waals surface area contributed by atoms with E-state index in [1.165, 1.54) is 11.1 Å². The standard InChI is InChI=1S/C20H28N4O/c1-13(2)17-9-5-7-14(3)20(17)24-19-11-18(22-15(4)23-19)21-12-16-8-6-10-25-16/h5,7,9,11,13,16H,6,8,10,12H2,1-4H3,(H2,21,22,23,24). The van der Waals surface area contributed by atoms with Crippen molar-refractivity contribution in [2.45, 2.75) is 52.6 Å². The fourth-order valence-corrected chi connectivity index (χ4v) is 3.22. The maximum absolute atomic E-state index is 5.67. The van der Waals surface area contributed by atoms with Crippen LogP contribution < -0.4 is 10.6 Å². The van der Waals surface area contributed by atoms with Gasteiger partial charge in [0.05, 0.1) is 6.10 Å². The van der Waals surface area contributed by atoms with E-state index in [0.717, 1.165) is 49.1 Å². The number of hydrogen-bond acceptors (Lipinski definition) is 5. The zero-order valence-corrected chi connectivity index (χ0v) is 15.6. The molecular formula is C20H28N4O. The van der Waals surface area contributed by atoms with E-state index in [0.29, 0.717) is 5.92 Å². The van der Waals surface area contributed by atoms with Crippen LogP contribution in [0.15, 0.2) is 24.3 Å². The minimum Gasteiger partial charge on any atom is -0.376 e. The van der Waals surface area contributed by atoms with Gasteiger partial charge < -0.3 is 15.4 Å². The van der Waals surface area contributed by atoms with Crippen molar-refractivity contribution in [1.82, 2.24) is 9.97 Å². The molecule has 2 heterocycles. The van der Waals surface area contributed by atoms with Crippen LogP contribution in [-0.2, 0) is 4.74 Å². The van der Waals surface area contributed by atoms with Crippen LogP contribution in [0.3, 0.4) is 0 Å². The Morgan fingerprint density at radius 3 is 2.72 bits per heavy atom. The van der Waals surface area contributed by atoms with Crippen LogP contribution in [0.4, 0.5) is 17.3 Å². The molecule has 1 aromatic carbocycles. The van der Waals surface area contributed by atoms with Crippen LogP contribution in [0.2, 0.25) is 0 Å². The van der Waals surface area contributed by atoms with Gasteiger partial charge in [-0.2, -0.15) is 0 Å². The molecule has 5 nitrogen and oxygen atoms in total. The van der Waals surface area contributed by atoms with E-state index in [2.05, 4.69) is 59.6 Å². The molecule has 0 aliphatic carbocycles. The Morgan fingerprint density at radius 2 is 2.00 bits per heavy atom. The third kappa shape index (κ3) is 4.48. The summed E-state index contributed by atoms with van der Waals surface area (Å²) in [6, 6.07) is 8.37. The number of ether oxygens (including phenoxy) is 1. The normalized spacial score (nSPS) is 17.1. The third-order valence-corrected chi connectivity index (χ3v) is 4.55. The SMILES string of the molecule is Cc1nc(NCC2CCCO2)cc(Nc2c(C)cccc2C(C)C)n1. The Bertz CT molecular complexity index is 724. The lowest BCUT2D eigenvalue weighted by Crippen LogP contribution is -2.19. The summed E-state index contributed by atoms with van der Waals surface area (Å²) >= 11 is 0. The topological polar surface area (TPSA) is 59.1 Å². The Morgan fingerprint density at radius 1 is 1.20 bits per heavy atom. The van der Waals surface area contributed by atoms with Gasteiger partial charge in [0, 0.05) is 24.9 Å². The molecule has 0 saturated carbocycles. The molecule has 1 saturated heterocycles. The molecule has 1 aromatic heterocycles. The molecule has 3 rings (SSSR count). The number of nitrogens with zero attached hydrogens (tertiary/aromatic N) is 2. The zero-order chi connectivity index (χ0) is 17.8. The summed E-state index contributed by atoms with van der Waals surface area (Å²) in [5.74, 6) is 2.85. The van der Waals surface area contributed by atoms with Gasteiger partial charge in [-0.3, -0.25) is 0 Å². The predicted molar refractivity (Wildman–Crippen MR) is 103 cm³/mol. The van der Waals surface area contributed by atoms with Gasteiger partial charge in [-0.1, -0.05) is 32.0 Å². The molecule has 2 N–H and O–H groups in total. The van der Waals surface area contributed by atoms with Crippen molar-refractivity contribution in [3.05, 3.63) is 41.2 Å². The summed E-state index contributed by atoms with van der Waals surface area (Å²) in [5.41, 5.74) is 3.65. The van der Waals surface area contributed by atoms with Gasteiger partial charge in [-0.05, 0) is 43.7 Å². The highest BCUT2D eigenvalue weighted by atomic mass is 16.5. The molecule has 134 valence electrons. The van der Waals surface area contributed by atoms with Gasteiger partial charge in [-0.15, -0.1) is 0 Å². The minimum absolute atomic E-state index is 0.288. The third-order valence-electron chi connectivity index (χ3n) is 4.55. The van der Waals surface area contributed by atoms with Crippen LogP contribution in [0.1, 0.15) is 49.6 Å². The van der Waals surface area contributed by atoms with E-state index in [4.69, 9.17) is 4.74 Å². The van der Waals surface area contributed by atoms with Crippen molar-refractivity contribution >= 4 is 17.3 Å². The molecule has 5 heteroatoms. The molecule has 1 unspecified atom stereocenters. The number of hydrogen-bond donors (Lipinski definition) is 2. The Balaban J connectivity index is 1.79. The number of nitrogens with one attached hydrogen (secondary N) is 2. The lowest BCUT2D eigenvalue weighted by atomic mass is 9.98. The smallest absolute Gasteiger partial charge is 0.136 e. The van der Waals surface area contributed by atoms with Gasteiger partial charge in [-0.25, -0.2) is 9.97 Å². The van der Waals surface area contributed by atoms with Crippen molar-refractivity contribution in [2.24, 2.45) is 0 Å². The summed E-state index contributed by atoms with van der Waals surface area (Å²) in [7, 11) is 0. The second kappa shape index (κ2) is 7.83. The van der Waals surface area contributed by atoms with Crippen LogP contribution >= 0.6 is 0 Å². The fraction of sp³-hybridized carbons (Fsp3) is 0.500. The van der Waals surface area contributed by atoms with Gasteiger partial charge in [0.1, 0.15) is 17.5 Å². The average molecular weight is 340 g/mol. The molecule has 1 fully saturated rings. The van der Waals surface area contributed by atoms with Gasteiger partial charge in [0.2, 0.25) is 0 Å². The molecule has 1 atom stereocenters. The van der Waals surface area contributed by atoms with E-state index in [1.807, 2.05) is 13.0 Å². The highest BCUT2D eigenvalue weighted by Gasteiger charge is 2.16. The van der Waals surface area contributed by atoms with Crippen LogP contribution in [-0.4, -0.2) is 29.2 Å². The summed E-state index contributed by atoms with van der Waals surface area (Å²) in [5, 5.41) is 6.90. The Hall–Kier alpha value is -2.14. The first-order valence-corrected chi connectivity index (χ1v) is 9.10. The van der Waals surface area contributed by atoms with Crippen molar-refractivity contribution < 1.29 is 4.74 Å². The average Bonchev–Trinajstić information content (AvgIpc) is 3.07. The maximum Gasteiger partial charge on any atom is 0.136 e. The maximum atomic E-state index is 5.67. The molecule has 25 heavy (non-hydrogen) atoms. The fourth-order valence-electron chi connectivity index (χ4n) is 3.22. The van der Waals surface area contributed by atoms with Crippen LogP contribution in [0.5, 0.6) is 0 Å².